The van der Waals surface area contributed by atoms with Gasteiger partial charge in [-0.3, -0.25) is 9.78 Å². The van der Waals surface area contributed by atoms with Gasteiger partial charge in [-0.05, 0) is 24.3 Å². The third kappa shape index (κ3) is 4.73. The third-order valence-electron chi connectivity index (χ3n) is 3.45. The Kier molecular flexibility index (Phi) is 6.48. The number of hydrogen-bond acceptors (Lipinski definition) is 6. The van der Waals surface area contributed by atoms with Gasteiger partial charge in [0.1, 0.15) is 5.01 Å². The van der Waals surface area contributed by atoms with Crippen molar-refractivity contribution in [3.8, 4) is 10.6 Å². The molecule has 0 bridgehead atoms. The number of amides is 1. The molecule has 5 nitrogen and oxygen atoms in total. The minimum atomic E-state index is -0.249. The van der Waals surface area contributed by atoms with Gasteiger partial charge in [0.2, 0.25) is 5.91 Å². The molecule has 0 aliphatic carbocycles. The highest BCUT2D eigenvalue weighted by Gasteiger charge is 2.17. The van der Waals surface area contributed by atoms with Crippen LogP contribution < -0.4 is 5.32 Å². The number of pyridine rings is 1. The first-order valence-corrected chi connectivity index (χ1v) is 10.2. The van der Waals surface area contributed by atoms with E-state index in [1.54, 1.807) is 30.6 Å². The molecule has 1 atom stereocenters. The lowest BCUT2D eigenvalue weighted by molar-refractivity contribution is -0.118. The predicted octanol–water partition coefficient (Wildman–Crippen LogP) is 5.27. The van der Waals surface area contributed by atoms with E-state index < -0.39 is 0 Å². The normalized spacial score (nSPS) is 12.0. The Labute approximate surface area is 169 Å². The van der Waals surface area contributed by atoms with Crippen LogP contribution in [0.5, 0.6) is 0 Å². The average molecular weight is 425 g/mol. The molecule has 0 aliphatic rings. The number of halogens is 2. The van der Waals surface area contributed by atoms with Crippen molar-refractivity contribution >= 4 is 57.9 Å². The van der Waals surface area contributed by atoms with Gasteiger partial charge in [-0.15, -0.1) is 10.2 Å². The number of hydrogen-bond donors (Lipinski definition) is 1. The second-order valence-corrected chi connectivity index (χ2v) is 8.47. The van der Waals surface area contributed by atoms with E-state index in [4.69, 9.17) is 23.2 Å². The second-order valence-electron chi connectivity index (χ2n) is 5.41. The van der Waals surface area contributed by atoms with E-state index in [0.29, 0.717) is 21.5 Å². The van der Waals surface area contributed by atoms with Gasteiger partial charge in [-0.1, -0.05) is 59.3 Å². The fourth-order valence-electron chi connectivity index (χ4n) is 2.01. The highest BCUT2D eigenvalue weighted by Crippen LogP contribution is 2.32. The first-order chi connectivity index (χ1) is 12.5. The zero-order valence-corrected chi connectivity index (χ0v) is 16.8. The van der Waals surface area contributed by atoms with Crippen molar-refractivity contribution in [1.82, 2.24) is 15.2 Å². The summed E-state index contributed by atoms with van der Waals surface area (Å²) in [6.07, 6.45) is 3.44. The number of anilines is 1. The first-order valence-electron chi connectivity index (χ1n) is 7.66. The summed E-state index contributed by atoms with van der Waals surface area (Å²) in [5, 5.41) is 12.8. The predicted molar refractivity (Wildman–Crippen MR) is 108 cm³/mol. The minimum absolute atomic E-state index is 0.147. The lowest BCUT2D eigenvalue weighted by atomic mass is 10.2. The molecular weight excluding hydrogens is 411 g/mol. The summed E-state index contributed by atoms with van der Waals surface area (Å²) in [6, 6.07) is 8.88. The number of carbonyl (C=O) groups excluding carboxylic acids is 1. The zero-order valence-electron chi connectivity index (χ0n) is 13.6. The number of aromatic nitrogens is 3. The number of nitrogens with zero attached hydrogens (tertiary/aromatic N) is 3. The molecule has 0 spiro atoms. The Balaban J connectivity index is 1.58. The van der Waals surface area contributed by atoms with E-state index >= 15 is 0 Å². The Morgan fingerprint density at radius 2 is 1.88 bits per heavy atom. The van der Waals surface area contributed by atoms with E-state index in [9.17, 15) is 4.79 Å². The van der Waals surface area contributed by atoms with Crippen LogP contribution in [0.4, 0.5) is 5.69 Å². The van der Waals surface area contributed by atoms with Crippen molar-refractivity contribution in [2.75, 3.05) is 11.1 Å². The van der Waals surface area contributed by atoms with Crippen LogP contribution in [0, 0.1) is 5.92 Å². The van der Waals surface area contributed by atoms with Crippen LogP contribution >= 0.6 is 46.3 Å². The monoisotopic (exact) mass is 424 g/mol. The van der Waals surface area contributed by atoms with Crippen molar-refractivity contribution in [1.29, 1.82) is 0 Å². The third-order valence-corrected chi connectivity index (χ3v) is 6.44. The lowest BCUT2D eigenvalue weighted by Crippen LogP contribution is -2.22. The Morgan fingerprint density at radius 1 is 1.19 bits per heavy atom. The summed E-state index contributed by atoms with van der Waals surface area (Å²) >= 11 is 15.2. The number of para-hydroxylation sites is 1. The molecule has 0 saturated carbocycles. The van der Waals surface area contributed by atoms with Crippen LogP contribution in [0.15, 0.2) is 47.1 Å². The standard InChI is InChI=1S/C17H14Cl2N4OS2/c1-10(15(24)21-14-12(18)3-2-4-13(14)19)9-25-17-23-22-16(26-17)11-5-7-20-8-6-11/h2-8,10H,9H2,1H3,(H,21,24). The molecule has 134 valence electrons. The largest absolute Gasteiger partial charge is 0.323 e. The van der Waals surface area contributed by atoms with Crippen LogP contribution in [0.25, 0.3) is 10.6 Å². The quantitative estimate of drug-likeness (QED) is 0.545. The van der Waals surface area contributed by atoms with Crippen LogP contribution in [-0.4, -0.2) is 26.8 Å². The molecule has 0 saturated heterocycles. The highest BCUT2D eigenvalue weighted by molar-refractivity contribution is 8.01. The van der Waals surface area contributed by atoms with E-state index in [2.05, 4.69) is 20.5 Å². The maximum absolute atomic E-state index is 12.4. The maximum Gasteiger partial charge on any atom is 0.228 e. The second kappa shape index (κ2) is 8.81. The molecule has 0 aliphatic heterocycles. The van der Waals surface area contributed by atoms with Crippen molar-refractivity contribution in [3.05, 3.63) is 52.8 Å². The smallest absolute Gasteiger partial charge is 0.228 e. The van der Waals surface area contributed by atoms with Crippen molar-refractivity contribution in [2.24, 2.45) is 5.92 Å². The molecule has 1 aromatic carbocycles. The summed E-state index contributed by atoms with van der Waals surface area (Å²) in [5.74, 6) is 0.172. The minimum Gasteiger partial charge on any atom is -0.323 e. The van der Waals surface area contributed by atoms with E-state index in [0.717, 1.165) is 14.9 Å². The number of benzene rings is 1. The number of thioether (sulfide) groups is 1. The maximum atomic E-state index is 12.4. The number of nitrogens with one attached hydrogen (secondary N) is 1. The van der Waals surface area contributed by atoms with Gasteiger partial charge in [-0.25, -0.2) is 0 Å². The van der Waals surface area contributed by atoms with Gasteiger partial charge in [-0.2, -0.15) is 0 Å². The van der Waals surface area contributed by atoms with Crippen molar-refractivity contribution < 1.29 is 4.79 Å². The molecule has 2 aromatic heterocycles. The first kappa shape index (κ1) is 19.1. The fourth-order valence-corrected chi connectivity index (χ4v) is 4.41. The van der Waals surface area contributed by atoms with Gasteiger partial charge in [0.25, 0.3) is 0 Å². The fraction of sp³-hybridized carbons (Fsp3) is 0.176. The van der Waals surface area contributed by atoms with E-state index in [1.165, 1.54) is 23.1 Å². The van der Waals surface area contributed by atoms with Crippen LogP contribution in [-0.2, 0) is 4.79 Å². The molecule has 2 heterocycles. The Hall–Kier alpha value is -1.67. The number of rotatable bonds is 6. The molecule has 3 rings (SSSR count). The molecule has 0 fully saturated rings. The summed E-state index contributed by atoms with van der Waals surface area (Å²) in [4.78, 5) is 16.4. The van der Waals surface area contributed by atoms with Crippen LogP contribution in [0.1, 0.15) is 6.92 Å². The van der Waals surface area contributed by atoms with Gasteiger partial charge >= 0.3 is 0 Å². The van der Waals surface area contributed by atoms with E-state index in [-0.39, 0.29) is 11.8 Å². The van der Waals surface area contributed by atoms with Gasteiger partial charge in [0.15, 0.2) is 4.34 Å². The Bertz CT molecular complexity index is 885. The van der Waals surface area contributed by atoms with Crippen molar-refractivity contribution in [3.63, 3.8) is 0 Å². The average Bonchev–Trinajstić information content (AvgIpc) is 3.12. The number of carbonyl (C=O) groups is 1. The summed E-state index contributed by atoms with van der Waals surface area (Å²) < 4.78 is 0.812. The molecular formula is C17H14Cl2N4OS2. The Morgan fingerprint density at radius 3 is 2.58 bits per heavy atom. The lowest BCUT2D eigenvalue weighted by Gasteiger charge is -2.13. The topological polar surface area (TPSA) is 67.8 Å². The molecule has 3 aromatic rings. The van der Waals surface area contributed by atoms with Crippen molar-refractivity contribution in [2.45, 2.75) is 11.3 Å². The molecule has 0 radical (unpaired) electrons. The zero-order chi connectivity index (χ0) is 18.5. The highest BCUT2D eigenvalue weighted by atomic mass is 35.5. The molecule has 1 N–H and O–H groups in total. The van der Waals surface area contributed by atoms with Gasteiger partial charge in [0, 0.05) is 29.6 Å². The van der Waals surface area contributed by atoms with Crippen LogP contribution in [0.3, 0.4) is 0 Å². The molecule has 1 amide bonds. The SMILES string of the molecule is CC(CSc1nnc(-c2ccncc2)s1)C(=O)Nc1c(Cl)cccc1Cl. The summed E-state index contributed by atoms with van der Waals surface area (Å²) in [6.45, 7) is 1.85. The summed E-state index contributed by atoms with van der Waals surface area (Å²) in [7, 11) is 0. The van der Waals surface area contributed by atoms with Crippen LogP contribution in [0.2, 0.25) is 10.0 Å². The van der Waals surface area contributed by atoms with Gasteiger partial charge < -0.3 is 5.32 Å². The van der Waals surface area contributed by atoms with Gasteiger partial charge in [0.05, 0.1) is 15.7 Å². The molecule has 1 unspecified atom stereocenters. The molecule has 26 heavy (non-hydrogen) atoms. The van der Waals surface area contributed by atoms with E-state index in [1.807, 2.05) is 19.1 Å². The molecule has 9 heteroatoms. The summed E-state index contributed by atoms with van der Waals surface area (Å²) in [5.41, 5.74) is 1.41.